The zero-order chi connectivity index (χ0) is 61.3. The molecule has 7 rings (SSSR count). The van der Waals surface area contributed by atoms with Gasteiger partial charge < -0.3 is 4.84 Å². The van der Waals surface area contributed by atoms with Crippen LogP contribution in [0.15, 0.2) is 53.3 Å². The third-order valence-electron chi connectivity index (χ3n) is 4.40. The van der Waals surface area contributed by atoms with Gasteiger partial charge in [-0.15, -0.1) is 5.11 Å². The fourth-order valence-electron chi connectivity index (χ4n) is 2.49. The first-order valence-corrected chi connectivity index (χ1v) is 30.4. The number of H-pyrrole nitrogens is 2. The molecule has 24 nitrogen and oxygen atoms in total. The summed E-state index contributed by atoms with van der Waals surface area (Å²) >= 11 is 1.05. The highest BCUT2D eigenvalue weighted by Crippen LogP contribution is 2.05. The maximum atomic E-state index is 10.4. The van der Waals surface area contributed by atoms with Crippen LogP contribution in [0.3, 0.4) is 0 Å². The van der Waals surface area contributed by atoms with Crippen LogP contribution in [-0.4, -0.2) is 116 Å². The van der Waals surface area contributed by atoms with E-state index in [2.05, 4.69) is 194 Å². The molecule has 0 bridgehead atoms. The summed E-state index contributed by atoms with van der Waals surface area (Å²) in [4.78, 5) is 80.2. The number of carbonyl (C=O) groups excluding carboxylic acids is 5. The Bertz CT molecular complexity index is 2110. The minimum atomic E-state index is -3.20. The standard InChI is InChI=1S/C4H6O3S.C4H4O3S.7C4H10.C3H5NO3S.C3H3NO3.C2H3N3.C2H2N2O2.C2H2N2OS/c2*5-4-1-2-8(6,7)3-4;7*1-4(2)3;5-3-1-4-8(6,7)2-3;5-2-1-3(6)7-4-2;1-3-2-5-4-1;5-2-3-1-4-6-2;5-2-1-3-6-4-2/h1-3H2;1-2H,3H2;7*4H,1-3H3;4H,1-2H2;1H2,(H,4,5);1H,2H2;1H,(H,3,4,5);1H,(H,4,5). The van der Waals surface area contributed by atoms with Crippen LogP contribution in [0.1, 0.15) is 158 Å². The van der Waals surface area contributed by atoms with Crippen molar-refractivity contribution in [3.8, 4) is 0 Å². The van der Waals surface area contributed by atoms with Crippen LogP contribution in [0.2, 0.25) is 0 Å². The number of aliphatic imine (C=N–C) groups is 1. The van der Waals surface area contributed by atoms with Gasteiger partial charge in [0.2, 0.25) is 10.0 Å². The van der Waals surface area contributed by atoms with Gasteiger partial charge >= 0.3 is 11.7 Å². The molecule has 446 valence electrons. The van der Waals surface area contributed by atoms with Crippen molar-refractivity contribution < 1.29 is 58.6 Å². The van der Waals surface area contributed by atoms with Gasteiger partial charge in [-0.1, -0.05) is 151 Å². The molecule has 3 fully saturated rings. The summed E-state index contributed by atoms with van der Waals surface area (Å²) in [5.74, 6) is 2.85. The number of ketones is 3. The number of Topliss-reactive ketones (excluding diaryl/α,β-unsaturated/α-hetero) is 2. The van der Waals surface area contributed by atoms with Crippen LogP contribution in [0, 0.1) is 41.4 Å². The lowest BCUT2D eigenvalue weighted by atomic mass is 10.3. The van der Waals surface area contributed by atoms with Crippen molar-refractivity contribution in [2.24, 2.45) is 56.6 Å². The molecule has 5 aliphatic heterocycles. The third-order valence-corrected chi connectivity index (χ3v) is 9.02. The maximum absolute atomic E-state index is 10.4. The van der Waals surface area contributed by atoms with Crippen molar-refractivity contribution in [1.82, 2.24) is 29.1 Å². The van der Waals surface area contributed by atoms with Crippen LogP contribution in [0.25, 0.3) is 0 Å². The highest BCUT2D eigenvalue weighted by atomic mass is 32.2. The Morgan fingerprint density at radius 1 is 0.618 bits per heavy atom. The van der Waals surface area contributed by atoms with E-state index in [9.17, 15) is 58.8 Å². The second-order valence-corrected chi connectivity index (χ2v) is 27.1. The molecule has 0 unspecified atom stereocenters. The average Bonchev–Trinajstić information content (AvgIpc) is 4.08. The number of sulfone groups is 2. The normalized spacial score (nSPS) is 15.7. The summed E-state index contributed by atoms with van der Waals surface area (Å²) in [6.07, 6.45) is 5.03. The number of azo groups is 1. The van der Waals surface area contributed by atoms with Gasteiger partial charge in [0.15, 0.2) is 37.9 Å². The summed E-state index contributed by atoms with van der Waals surface area (Å²) < 4.78 is 74.0. The van der Waals surface area contributed by atoms with Gasteiger partial charge in [-0.05, 0) is 47.5 Å². The predicted octanol–water partition coefficient (Wildman–Crippen LogP) is 7.59. The van der Waals surface area contributed by atoms with E-state index in [0.717, 1.165) is 64.6 Å². The Hall–Kier alpha value is -4.93. The number of hydroxylamine groups is 1. The van der Waals surface area contributed by atoms with Gasteiger partial charge in [0.25, 0.3) is 11.5 Å². The maximum Gasteiger partial charge on any atom is 0.438 e. The van der Waals surface area contributed by atoms with Crippen molar-refractivity contribution >= 4 is 77.0 Å². The van der Waals surface area contributed by atoms with Crippen LogP contribution >= 0.6 is 11.7 Å². The first kappa shape index (κ1) is 85.0. The summed E-state index contributed by atoms with van der Waals surface area (Å²) in [7, 11) is -9.27. The average molecular weight is 1170 g/mol. The molecule has 7 heterocycles. The number of hydrogen-bond acceptors (Lipinski definition) is 21. The van der Waals surface area contributed by atoms with E-state index in [0.29, 0.717) is 6.67 Å². The van der Waals surface area contributed by atoms with E-state index in [1.807, 2.05) is 5.48 Å². The molecule has 0 spiro atoms. The first-order chi connectivity index (χ1) is 34.5. The molecule has 0 radical (unpaired) electrons. The molecular formula is C48H95N9O15S4. The van der Waals surface area contributed by atoms with Crippen LogP contribution in [-0.2, 0) is 58.5 Å². The molecule has 28 heteroatoms. The number of hydrogen-bond donors (Lipinski definition) is 4. The van der Waals surface area contributed by atoms with Gasteiger partial charge in [0.05, 0.1) is 12.3 Å². The summed E-state index contributed by atoms with van der Waals surface area (Å²) in [6.45, 7) is 46.0. The lowest BCUT2D eigenvalue weighted by Gasteiger charge is -1.83. The van der Waals surface area contributed by atoms with E-state index in [4.69, 9.17) is 0 Å². The van der Waals surface area contributed by atoms with E-state index < -0.39 is 41.4 Å². The Morgan fingerprint density at radius 3 is 1.17 bits per heavy atom. The van der Waals surface area contributed by atoms with Gasteiger partial charge in [0, 0.05) is 23.6 Å². The molecule has 2 aromatic rings. The highest BCUT2D eigenvalue weighted by molar-refractivity contribution is 7.95. The molecule has 0 aromatic carbocycles. The third kappa shape index (κ3) is 102. The first-order valence-electron chi connectivity index (χ1n) is 24.5. The zero-order valence-corrected chi connectivity index (χ0v) is 52.3. The Morgan fingerprint density at radius 2 is 1.08 bits per heavy atom. The van der Waals surface area contributed by atoms with Crippen LogP contribution in [0.4, 0.5) is 0 Å². The summed E-state index contributed by atoms with van der Waals surface area (Å²) in [5, 5.41) is 10.9. The number of carbonyl (C=O) groups is 5. The molecular weight excluding hydrogens is 1070 g/mol. The van der Waals surface area contributed by atoms with Crippen molar-refractivity contribution in [3.63, 3.8) is 0 Å². The topological polar surface area (TPSA) is 363 Å². The van der Waals surface area contributed by atoms with Gasteiger partial charge in [-0.2, -0.15) is 15.0 Å². The lowest BCUT2D eigenvalue weighted by Crippen LogP contribution is -2.15. The van der Waals surface area contributed by atoms with Crippen molar-refractivity contribution in [3.05, 3.63) is 44.9 Å². The van der Waals surface area contributed by atoms with E-state index >= 15 is 0 Å². The number of nitrogens with zero attached hydrogens (tertiary/aromatic N) is 5. The number of rotatable bonds is 0. The second-order valence-electron chi connectivity index (χ2n) is 20.6. The monoisotopic (exact) mass is 1170 g/mol. The van der Waals surface area contributed by atoms with Crippen LogP contribution < -0.4 is 21.5 Å². The number of allylic oxidation sites excluding steroid dienone is 1. The molecule has 2 aromatic heterocycles. The van der Waals surface area contributed by atoms with Crippen molar-refractivity contribution in [1.29, 1.82) is 0 Å². The number of amides is 1. The zero-order valence-electron chi connectivity index (χ0n) is 49.1. The molecule has 0 saturated carbocycles. The van der Waals surface area contributed by atoms with E-state index in [-0.39, 0.29) is 71.2 Å². The largest absolute Gasteiger partial charge is 0.438 e. The molecule has 5 aliphatic rings. The van der Waals surface area contributed by atoms with E-state index in [1.165, 1.54) is 18.9 Å². The Balaban J connectivity index is -0.000000136. The minimum Gasteiger partial charge on any atom is -0.340 e. The molecule has 76 heavy (non-hydrogen) atoms. The number of sulfonamides is 1. The van der Waals surface area contributed by atoms with Gasteiger partial charge in [0.1, 0.15) is 48.3 Å². The Labute approximate surface area is 458 Å². The molecule has 0 atom stereocenters. The van der Waals surface area contributed by atoms with E-state index in [1.54, 1.807) is 0 Å². The summed E-state index contributed by atoms with van der Waals surface area (Å²) in [6, 6.07) is 0. The highest BCUT2D eigenvalue weighted by Gasteiger charge is 2.25. The number of nitrogens with one attached hydrogen (secondary N) is 4. The number of aromatic nitrogens is 4. The van der Waals surface area contributed by atoms with Crippen molar-refractivity contribution in [2.75, 3.05) is 36.2 Å². The van der Waals surface area contributed by atoms with Gasteiger partial charge in [-0.3, -0.25) is 37.9 Å². The lowest BCUT2D eigenvalue weighted by molar-refractivity contribution is -0.144. The Kier molecular flexibility index (Phi) is 58.3. The molecule has 3 saturated heterocycles. The van der Waals surface area contributed by atoms with Gasteiger partial charge in [-0.25, -0.2) is 44.6 Å². The van der Waals surface area contributed by atoms with Crippen LogP contribution in [0.5, 0.6) is 0 Å². The molecule has 1 amide bonds. The predicted molar refractivity (Wildman–Crippen MR) is 304 cm³/mol. The fraction of sp³-hybridized carbons (Fsp3) is 0.750. The SMILES string of the molecule is C1=NCN=N1.CC(C)C.CC(C)C.CC(C)C.CC(C)C.CC(C)C.CC(C)C.CC(C)C.O=C1C=CS(=O)(=O)C1.O=C1CC(=O)ON1.O=C1CCS(=O)(=O)C1.O=C1CNS(=O)(=O)C1.O=c1[nH]cno1.O=c1cns[nH]1. The minimum absolute atomic E-state index is 0.0255. The molecule has 4 N–H and O–H groups in total. The fourth-order valence-corrected chi connectivity index (χ4v) is 6.11. The smallest absolute Gasteiger partial charge is 0.340 e. The molecule has 0 aliphatic carbocycles. The second kappa shape index (κ2) is 52.1. The summed E-state index contributed by atoms with van der Waals surface area (Å²) in [5.41, 5.74) is 1.76. The quantitative estimate of drug-likeness (QED) is 0.184. The van der Waals surface area contributed by atoms with Crippen molar-refractivity contribution in [2.45, 2.75) is 158 Å². The number of aromatic amines is 2.